The zero-order chi connectivity index (χ0) is 19.6. The van der Waals surface area contributed by atoms with Crippen LogP contribution in [0.1, 0.15) is 37.7 Å². The molecule has 7 nitrogen and oxygen atoms in total. The zero-order valence-corrected chi connectivity index (χ0v) is 16.3. The minimum atomic E-state index is -0.732. The highest BCUT2D eigenvalue weighted by molar-refractivity contribution is 7.07. The van der Waals surface area contributed by atoms with Crippen LogP contribution in [-0.2, 0) is 16.1 Å². The Kier molecular flexibility index (Phi) is 5.13. The van der Waals surface area contributed by atoms with Crippen LogP contribution in [0.25, 0.3) is 0 Å². The molecule has 1 saturated carbocycles. The van der Waals surface area contributed by atoms with Gasteiger partial charge < -0.3 is 9.88 Å². The first-order chi connectivity index (χ1) is 13.6. The second kappa shape index (κ2) is 7.71. The molecule has 4 rings (SSSR count). The number of hydrogen-bond donors (Lipinski definition) is 1. The number of thiazole rings is 1. The van der Waals surface area contributed by atoms with E-state index in [0.29, 0.717) is 24.2 Å². The van der Waals surface area contributed by atoms with E-state index in [1.807, 2.05) is 46.5 Å². The summed E-state index contributed by atoms with van der Waals surface area (Å²) in [6.07, 6.45) is 5.16. The molecule has 0 radical (unpaired) electrons. The van der Waals surface area contributed by atoms with Crippen molar-refractivity contribution in [2.24, 2.45) is 4.99 Å². The van der Waals surface area contributed by atoms with E-state index in [2.05, 4.69) is 10.3 Å². The number of nitrogens with one attached hydrogen (secondary N) is 1. The molecule has 1 spiro atoms. The second-order valence-corrected chi connectivity index (χ2v) is 8.10. The zero-order valence-electron chi connectivity index (χ0n) is 15.5. The molecule has 8 heteroatoms. The molecule has 2 fully saturated rings. The molecule has 146 valence electrons. The molecule has 4 amide bonds. The van der Waals surface area contributed by atoms with Crippen molar-refractivity contribution < 1.29 is 14.4 Å². The topological polar surface area (TPSA) is 83.8 Å². The summed E-state index contributed by atoms with van der Waals surface area (Å²) in [5.41, 5.74) is 0.389. The lowest BCUT2D eigenvalue weighted by Crippen LogP contribution is -2.44. The number of carbonyl (C=O) groups excluding carboxylic acids is 3. The van der Waals surface area contributed by atoms with E-state index in [-0.39, 0.29) is 24.8 Å². The van der Waals surface area contributed by atoms with Gasteiger partial charge in [0.15, 0.2) is 4.80 Å². The predicted molar refractivity (Wildman–Crippen MR) is 104 cm³/mol. The van der Waals surface area contributed by atoms with E-state index in [4.69, 9.17) is 0 Å². The van der Waals surface area contributed by atoms with Gasteiger partial charge in [0.1, 0.15) is 5.54 Å². The van der Waals surface area contributed by atoms with Gasteiger partial charge in [0.05, 0.1) is 0 Å². The first-order valence-electron chi connectivity index (χ1n) is 9.47. The monoisotopic (exact) mass is 398 g/mol. The van der Waals surface area contributed by atoms with E-state index in [1.165, 1.54) is 16.2 Å². The molecule has 1 aliphatic carbocycles. The average Bonchev–Trinajstić information content (AvgIpc) is 3.38. The van der Waals surface area contributed by atoms with Gasteiger partial charge in [-0.1, -0.05) is 43.2 Å². The van der Waals surface area contributed by atoms with Gasteiger partial charge in [0.2, 0.25) is 5.91 Å². The maximum atomic E-state index is 12.6. The van der Waals surface area contributed by atoms with Crippen molar-refractivity contribution in [3.8, 4) is 0 Å². The van der Waals surface area contributed by atoms with E-state index < -0.39 is 11.6 Å². The third-order valence-electron chi connectivity index (χ3n) is 5.33. The average molecular weight is 398 g/mol. The van der Waals surface area contributed by atoms with Gasteiger partial charge in [-0.2, -0.15) is 4.99 Å². The van der Waals surface area contributed by atoms with Crippen molar-refractivity contribution in [3.05, 3.63) is 52.3 Å². The molecule has 1 saturated heterocycles. The van der Waals surface area contributed by atoms with Crippen molar-refractivity contribution >= 4 is 29.2 Å². The van der Waals surface area contributed by atoms with Gasteiger partial charge >= 0.3 is 6.03 Å². The minimum absolute atomic E-state index is 0.0263. The fourth-order valence-electron chi connectivity index (χ4n) is 3.85. The van der Waals surface area contributed by atoms with Crippen LogP contribution in [0.4, 0.5) is 4.79 Å². The molecule has 0 unspecified atom stereocenters. The Bertz CT molecular complexity index is 957. The van der Waals surface area contributed by atoms with Crippen molar-refractivity contribution in [1.29, 1.82) is 0 Å². The normalized spacial score (nSPS) is 18.9. The number of rotatable bonds is 5. The fourth-order valence-corrected chi connectivity index (χ4v) is 4.60. The van der Waals surface area contributed by atoms with Crippen LogP contribution in [0.5, 0.6) is 0 Å². The van der Waals surface area contributed by atoms with Crippen molar-refractivity contribution in [2.45, 2.75) is 44.2 Å². The van der Waals surface area contributed by atoms with Crippen LogP contribution >= 0.6 is 11.3 Å². The predicted octanol–water partition coefficient (Wildman–Crippen LogP) is 2.28. The van der Waals surface area contributed by atoms with Crippen LogP contribution in [0.2, 0.25) is 0 Å². The molecule has 2 aromatic rings. The summed E-state index contributed by atoms with van der Waals surface area (Å²) >= 11 is 1.39. The van der Waals surface area contributed by atoms with E-state index >= 15 is 0 Å². The Balaban J connectivity index is 1.41. The maximum Gasteiger partial charge on any atom is 0.325 e. The molecule has 1 N–H and O–H groups in total. The molecule has 1 aromatic carbocycles. The lowest BCUT2D eigenvalue weighted by atomic mass is 9.98. The third kappa shape index (κ3) is 3.64. The SMILES string of the molecule is O=C(CCN1C(=O)NC2(CCCC2)C1=O)N=c1sccn1Cc1ccccc1. The van der Waals surface area contributed by atoms with E-state index in [9.17, 15) is 14.4 Å². The summed E-state index contributed by atoms with van der Waals surface area (Å²) in [6, 6.07) is 9.55. The fraction of sp³-hybridized carbons (Fsp3) is 0.400. The van der Waals surface area contributed by atoms with Crippen LogP contribution in [-0.4, -0.2) is 39.4 Å². The van der Waals surface area contributed by atoms with Gasteiger partial charge in [-0.3, -0.25) is 14.5 Å². The van der Waals surface area contributed by atoms with E-state index in [0.717, 1.165) is 18.4 Å². The number of nitrogens with zero attached hydrogens (tertiary/aromatic N) is 3. The smallest absolute Gasteiger partial charge is 0.323 e. The Labute approximate surface area is 166 Å². The summed E-state index contributed by atoms with van der Waals surface area (Å²) in [6.45, 7) is 0.699. The highest BCUT2D eigenvalue weighted by Crippen LogP contribution is 2.35. The molecule has 1 aliphatic heterocycles. The Morgan fingerprint density at radius 2 is 1.93 bits per heavy atom. The number of amides is 4. The number of benzene rings is 1. The largest absolute Gasteiger partial charge is 0.325 e. The van der Waals surface area contributed by atoms with Gasteiger partial charge in [-0.15, -0.1) is 11.3 Å². The first-order valence-corrected chi connectivity index (χ1v) is 10.3. The second-order valence-electron chi connectivity index (χ2n) is 7.23. The highest BCUT2D eigenvalue weighted by atomic mass is 32.1. The summed E-state index contributed by atoms with van der Waals surface area (Å²) in [5.74, 6) is -0.532. The Morgan fingerprint density at radius 3 is 2.68 bits per heavy atom. The van der Waals surface area contributed by atoms with E-state index in [1.54, 1.807) is 0 Å². The summed E-state index contributed by atoms with van der Waals surface area (Å²) < 4.78 is 1.92. The van der Waals surface area contributed by atoms with Crippen molar-refractivity contribution in [2.75, 3.05) is 6.54 Å². The standard InChI is InChI=1S/C20H22N4O3S/c25-16(8-11-24-17(26)20(22-18(24)27)9-4-5-10-20)21-19-23(12-13-28-19)14-15-6-2-1-3-7-15/h1-3,6-7,12-13H,4-5,8-11,14H2,(H,22,27). The molecule has 2 heterocycles. The number of imide groups is 1. The Hall–Kier alpha value is -2.74. The lowest BCUT2D eigenvalue weighted by molar-refractivity contribution is -0.131. The Morgan fingerprint density at radius 1 is 1.18 bits per heavy atom. The van der Waals surface area contributed by atoms with Crippen LogP contribution in [0.15, 0.2) is 46.9 Å². The minimum Gasteiger partial charge on any atom is -0.323 e. The van der Waals surface area contributed by atoms with Crippen molar-refractivity contribution in [3.63, 3.8) is 0 Å². The van der Waals surface area contributed by atoms with Gasteiger partial charge in [0.25, 0.3) is 5.91 Å². The molecule has 0 bridgehead atoms. The van der Waals surface area contributed by atoms with Gasteiger partial charge in [0, 0.05) is 31.1 Å². The first kappa shape index (κ1) is 18.6. The van der Waals surface area contributed by atoms with Crippen LogP contribution < -0.4 is 10.1 Å². The number of carbonyl (C=O) groups is 3. The summed E-state index contributed by atoms with van der Waals surface area (Å²) in [7, 11) is 0. The van der Waals surface area contributed by atoms with Gasteiger partial charge in [-0.05, 0) is 18.4 Å². The maximum absolute atomic E-state index is 12.6. The molecule has 28 heavy (non-hydrogen) atoms. The number of aromatic nitrogens is 1. The van der Waals surface area contributed by atoms with Gasteiger partial charge in [-0.25, -0.2) is 4.79 Å². The quantitative estimate of drug-likeness (QED) is 0.785. The summed E-state index contributed by atoms with van der Waals surface area (Å²) in [4.78, 5) is 43.1. The molecule has 1 aromatic heterocycles. The number of hydrogen-bond acceptors (Lipinski definition) is 4. The molecular weight excluding hydrogens is 376 g/mol. The third-order valence-corrected chi connectivity index (χ3v) is 6.12. The molecule has 2 aliphatic rings. The van der Waals surface area contributed by atoms with Crippen LogP contribution in [0.3, 0.4) is 0 Å². The highest BCUT2D eigenvalue weighted by Gasteiger charge is 2.52. The molecular formula is C20H22N4O3S. The molecule has 0 atom stereocenters. The van der Waals surface area contributed by atoms with Crippen LogP contribution in [0, 0.1) is 0 Å². The van der Waals surface area contributed by atoms with Crippen molar-refractivity contribution in [1.82, 2.24) is 14.8 Å². The summed E-state index contributed by atoms with van der Waals surface area (Å²) in [5, 5.41) is 4.71. The lowest BCUT2D eigenvalue weighted by Gasteiger charge is -2.19. The number of urea groups is 1.